The Bertz CT molecular complexity index is 642. The average molecular weight is 315 g/mol. The number of carbonyl (C=O) groups is 2. The van der Waals surface area contributed by atoms with Crippen molar-refractivity contribution in [2.24, 2.45) is 4.99 Å². The molecule has 6 nitrogen and oxygen atoms in total. The number of benzene rings is 1. The van der Waals surface area contributed by atoms with Crippen molar-refractivity contribution in [1.82, 2.24) is 10.2 Å². The van der Waals surface area contributed by atoms with E-state index in [-0.39, 0.29) is 18.5 Å². The third kappa shape index (κ3) is 3.36. The molecule has 2 amide bonds. The lowest BCUT2D eigenvalue weighted by Gasteiger charge is -2.28. The maximum Gasteiger partial charge on any atom is 0.407 e. The van der Waals surface area contributed by atoms with Gasteiger partial charge in [0, 0.05) is 12.3 Å². The van der Waals surface area contributed by atoms with Gasteiger partial charge in [0.1, 0.15) is 6.54 Å². The first-order valence-corrected chi connectivity index (χ1v) is 7.95. The van der Waals surface area contributed by atoms with Crippen molar-refractivity contribution >= 4 is 23.4 Å². The van der Waals surface area contributed by atoms with Gasteiger partial charge < -0.3 is 15.0 Å². The number of methoxy groups -OCH3 is 1. The first kappa shape index (κ1) is 15.5. The molecule has 3 rings (SSSR count). The zero-order valence-electron chi connectivity index (χ0n) is 13.2. The van der Waals surface area contributed by atoms with Crippen LogP contribution in [0.2, 0.25) is 0 Å². The number of para-hydroxylation sites is 1. The zero-order chi connectivity index (χ0) is 16.2. The predicted octanol–water partition coefficient (Wildman–Crippen LogP) is 2.05. The second kappa shape index (κ2) is 6.81. The maximum absolute atomic E-state index is 12.4. The Labute approximate surface area is 135 Å². The molecule has 1 unspecified atom stereocenters. The van der Waals surface area contributed by atoms with Crippen molar-refractivity contribution in [1.29, 1.82) is 0 Å². The summed E-state index contributed by atoms with van der Waals surface area (Å²) in [5.41, 5.74) is 3.35. The van der Waals surface area contributed by atoms with Gasteiger partial charge in [-0.25, -0.2) is 4.79 Å². The molecule has 1 aromatic rings. The Kier molecular flexibility index (Phi) is 4.60. The van der Waals surface area contributed by atoms with Crippen LogP contribution in [0.15, 0.2) is 29.3 Å². The topological polar surface area (TPSA) is 71.0 Å². The van der Waals surface area contributed by atoms with E-state index in [0.717, 1.165) is 37.1 Å². The van der Waals surface area contributed by atoms with Gasteiger partial charge in [0.2, 0.25) is 5.91 Å². The highest BCUT2D eigenvalue weighted by Crippen LogP contribution is 2.30. The molecule has 1 N–H and O–H groups in total. The number of carbonyl (C=O) groups excluding carboxylic acids is 2. The summed E-state index contributed by atoms with van der Waals surface area (Å²) in [5, 5.41) is 2.46. The van der Waals surface area contributed by atoms with Crippen LogP contribution in [0.25, 0.3) is 0 Å². The lowest BCUT2D eigenvalue weighted by Crippen LogP contribution is -2.45. The first-order valence-electron chi connectivity index (χ1n) is 7.95. The standard InChI is InChI=1S/C17H21N3O3/c1-23-17(22)18-11-16(21)20-10-4-7-15(20)14-9-8-12-5-2-3-6-13(12)19-14/h2-3,5-6,15H,4,7-11H2,1H3,(H,18,22). The average Bonchev–Trinajstić information content (AvgIpc) is 3.08. The predicted molar refractivity (Wildman–Crippen MR) is 87.0 cm³/mol. The minimum absolute atomic E-state index is 0.0347. The van der Waals surface area contributed by atoms with Crippen LogP contribution in [0.5, 0.6) is 0 Å². The molecule has 1 atom stereocenters. The highest BCUT2D eigenvalue weighted by atomic mass is 16.5. The van der Waals surface area contributed by atoms with Crippen LogP contribution in [-0.4, -0.2) is 48.9 Å². The normalized spacial score (nSPS) is 19.8. The van der Waals surface area contributed by atoms with E-state index in [4.69, 9.17) is 4.99 Å². The number of hydrogen-bond acceptors (Lipinski definition) is 4. The minimum Gasteiger partial charge on any atom is -0.453 e. The molecule has 6 heteroatoms. The summed E-state index contributed by atoms with van der Waals surface area (Å²) in [6.07, 6.45) is 3.17. The SMILES string of the molecule is COC(=O)NCC(=O)N1CCCC1C1=Nc2ccccc2CC1. The van der Waals surface area contributed by atoms with Crippen molar-refractivity contribution in [3.8, 4) is 0 Å². The van der Waals surface area contributed by atoms with Gasteiger partial charge in [-0.1, -0.05) is 18.2 Å². The van der Waals surface area contributed by atoms with E-state index in [1.807, 2.05) is 23.1 Å². The molecule has 23 heavy (non-hydrogen) atoms. The molecule has 1 saturated heterocycles. The highest BCUT2D eigenvalue weighted by Gasteiger charge is 2.33. The molecule has 2 heterocycles. The number of amides is 2. The number of hydrogen-bond donors (Lipinski definition) is 1. The number of aryl methyl sites for hydroxylation is 1. The van der Waals surface area contributed by atoms with Crippen molar-refractivity contribution in [2.45, 2.75) is 31.7 Å². The molecule has 0 saturated carbocycles. The second-order valence-corrected chi connectivity index (χ2v) is 5.82. The van der Waals surface area contributed by atoms with E-state index in [9.17, 15) is 9.59 Å². The van der Waals surface area contributed by atoms with E-state index in [0.29, 0.717) is 6.54 Å². The van der Waals surface area contributed by atoms with Crippen LogP contribution >= 0.6 is 0 Å². The Morgan fingerprint density at radius 2 is 2.17 bits per heavy atom. The quantitative estimate of drug-likeness (QED) is 0.928. The monoisotopic (exact) mass is 315 g/mol. The molecule has 122 valence electrons. The van der Waals surface area contributed by atoms with Gasteiger partial charge in [-0.05, 0) is 37.3 Å². The van der Waals surface area contributed by atoms with Gasteiger partial charge >= 0.3 is 6.09 Å². The fourth-order valence-corrected chi connectivity index (χ4v) is 3.28. The number of ether oxygens (including phenoxy) is 1. The number of aliphatic imine (C=N–C) groups is 1. The van der Waals surface area contributed by atoms with Crippen LogP contribution in [0, 0.1) is 0 Å². The summed E-state index contributed by atoms with van der Waals surface area (Å²) in [6.45, 7) is 0.681. The number of nitrogens with zero attached hydrogens (tertiary/aromatic N) is 2. The third-order valence-electron chi connectivity index (χ3n) is 4.43. The molecule has 0 radical (unpaired) electrons. The molecule has 2 aliphatic heterocycles. The smallest absolute Gasteiger partial charge is 0.407 e. The van der Waals surface area contributed by atoms with E-state index in [2.05, 4.69) is 16.1 Å². The molecule has 1 fully saturated rings. The van der Waals surface area contributed by atoms with Crippen molar-refractivity contribution in [2.75, 3.05) is 20.2 Å². The van der Waals surface area contributed by atoms with Gasteiger partial charge in [0.15, 0.2) is 0 Å². The zero-order valence-corrected chi connectivity index (χ0v) is 13.2. The largest absolute Gasteiger partial charge is 0.453 e. The Balaban J connectivity index is 1.71. The Morgan fingerprint density at radius 1 is 1.35 bits per heavy atom. The van der Waals surface area contributed by atoms with Crippen LogP contribution in [0.4, 0.5) is 10.5 Å². The summed E-state index contributed by atoms with van der Waals surface area (Å²) in [6, 6.07) is 8.20. The number of alkyl carbamates (subject to hydrolysis) is 1. The van der Waals surface area contributed by atoms with Crippen LogP contribution in [0.1, 0.15) is 24.8 Å². The molecule has 2 aliphatic rings. The summed E-state index contributed by atoms with van der Waals surface area (Å²) in [7, 11) is 1.28. The van der Waals surface area contributed by atoms with Crippen molar-refractivity contribution < 1.29 is 14.3 Å². The van der Waals surface area contributed by atoms with Crippen molar-refractivity contribution in [3.05, 3.63) is 29.8 Å². The molecule has 0 spiro atoms. The van der Waals surface area contributed by atoms with E-state index in [1.165, 1.54) is 12.7 Å². The Morgan fingerprint density at radius 3 is 3.00 bits per heavy atom. The highest BCUT2D eigenvalue weighted by molar-refractivity contribution is 5.97. The van der Waals surface area contributed by atoms with E-state index in [1.54, 1.807) is 0 Å². The number of fused-ring (bicyclic) bond motifs is 1. The number of likely N-dealkylation sites (tertiary alicyclic amines) is 1. The maximum atomic E-state index is 12.4. The molecule has 0 aliphatic carbocycles. The molecule has 0 aromatic heterocycles. The lowest BCUT2D eigenvalue weighted by molar-refractivity contribution is -0.129. The van der Waals surface area contributed by atoms with Crippen LogP contribution in [-0.2, 0) is 16.0 Å². The molecule has 1 aromatic carbocycles. The molecular formula is C17H21N3O3. The van der Waals surface area contributed by atoms with Gasteiger partial charge in [0.25, 0.3) is 0 Å². The third-order valence-corrected chi connectivity index (χ3v) is 4.43. The minimum atomic E-state index is -0.585. The summed E-state index contributed by atoms with van der Waals surface area (Å²) in [5.74, 6) is -0.0838. The summed E-state index contributed by atoms with van der Waals surface area (Å²) < 4.78 is 4.50. The molecule has 0 bridgehead atoms. The lowest BCUT2D eigenvalue weighted by atomic mass is 9.96. The van der Waals surface area contributed by atoms with E-state index < -0.39 is 6.09 Å². The van der Waals surface area contributed by atoms with Gasteiger partial charge in [-0.15, -0.1) is 0 Å². The van der Waals surface area contributed by atoms with Crippen molar-refractivity contribution in [3.63, 3.8) is 0 Å². The number of rotatable bonds is 3. The van der Waals surface area contributed by atoms with Gasteiger partial charge in [0.05, 0.1) is 18.8 Å². The van der Waals surface area contributed by atoms with Gasteiger partial charge in [-0.2, -0.15) is 0 Å². The van der Waals surface area contributed by atoms with Crippen LogP contribution in [0.3, 0.4) is 0 Å². The fourth-order valence-electron chi connectivity index (χ4n) is 3.28. The fraction of sp³-hybridized carbons (Fsp3) is 0.471. The number of nitrogens with one attached hydrogen (secondary N) is 1. The Hall–Kier alpha value is -2.37. The molecular weight excluding hydrogens is 294 g/mol. The summed E-state index contributed by atoms with van der Waals surface area (Å²) in [4.78, 5) is 30.1. The van der Waals surface area contributed by atoms with Crippen LogP contribution < -0.4 is 5.32 Å². The first-order chi connectivity index (χ1) is 11.2. The second-order valence-electron chi connectivity index (χ2n) is 5.82. The van der Waals surface area contributed by atoms with Gasteiger partial charge in [-0.3, -0.25) is 9.79 Å². The summed E-state index contributed by atoms with van der Waals surface area (Å²) >= 11 is 0. The van der Waals surface area contributed by atoms with E-state index >= 15 is 0 Å².